The van der Waals surface area contributed by atoms with Crippen molar-refractivity contribution in [2.24, 2.45) is 0 Å². The van der Waals surface area contributed by atoms with Gasteiger partial charge in [-0.2, -0.15) is 0 Å². The minimum atomic E-state index is 0.661. The second kappa shape index (κ2) is 4.60. The summed E-state index contributed by atoms with van der Waals surface area (Å²) >= 11 is 0. The third kappa shape index (κ3) is 2.93. The molecule has 60 valence electrons. The highest BCUT2D eigenvalue weighted by Crippen LogP contribution is 1.93. The maximum absolute atomic E-state index is 3.92. The molecule has 0 fully saturated rings. The summed E-state index contributed by atoms with van der Waals surface area (Å²) in [5, 5.41) is 3.08. The van der Waals surface area contributed by atoms with Crippen molar-refractivity contribution in [3.05, 3.63) is 12.7 Å². The van der Waals surface area contributed by atoms with E-state index in [1.807, 2.05) is 0 Å². The third-order valence-corrected chi connectivity index (χ3v) is 1.31. The van der Waals surface area contributed by atoms with Gasteiger partial charge >= 0.3 is 0 Å². The summed E-state index contributed by atoms with van der Waals surface area (Å²) in [7, 11) is 0. The Kier molecular flexibility index (Phi) is 3.31. The van der Waals surface area contributed by atoms with Crippen LogP contribution < -0.4 is 5.32 Å². The Balaban J connectivity index is 2.28. The fourth-order valence-corrected chi connectivity index (χ4v) is 0.707. The van der Waals surface area contributed by atoms with Crippen LogP contribution in [0.15, 0.2) is 12.7 Å². The monoisotopic (exact) mass is 152 g/mol. The molecule has 0 bridgehead atoms. The van der Waals surface area contributed by atoms with E-state index in [0.717, 1.165) is 13.0 Å². The van der Waals surface area contributed by atoms with Crippen molar-refractivity contribution in [2.45, 2.75) is 19.8 Å². The summed E-state index contributed by atoms with van der Waals surface area (Å²) in [5.41, 5.74) is 0. The molecule has 0 amide bonds. The van der Waals surface area contributed by atoms with Crippen LogP contribution in [-0.4, -0.2) is 21.5 Å². The lowest BCUT2D eigenvalue weighted by molar-refractivity contribution is 0.824. The smallest absolute Gasteiger partial charge is 0.225 e. The first kappa shape index (κ1) is 7.91. The zero-order chi connectivity index (χ0) is 7.94. The van der Waals surface area contributed by atoms with Crippen LogP contribution in [-0.2, 0) is 0 Å². The standard InChI is InChI=1S/C7H12N4/c1-2-3-4-9-7-10-5-8-6-11-7/h5-6H,2-4H2,1H3,(H,8,9,10,11). The van der Waals surface area contributed by atoms with Gasteiger partial charge in [0.1, 0.15) is 12.7 Å². The van der Waals surface area contributed by atoms with E-state index in [1.165, 1.54) is 19.1 Å². The number of unbranched alkanes of at least 4 members (excludes halogenated alkanes) is 1. The van der Waals surface area contributed by atoms with E-state index in [4.69, 9.17) is 0 Å². The number of aromatic nitrogens is 3. The van der Waals surface area contributed by atoms with Crippen molar-refractivity contribution in [2.75, 3.05) is 11.9 Å². The Morgan fingerprint density at radius 1 is 1.36 bits per heavy atom. The number of anilines is 1. The Morgan fingerprint density at radius 2 is 2.09 bits per heavy atom. The van der Waals surface area contributed by atoms with Gasteiger partial charge in [-0.25, -0.2) is 15.0 Å². The molecular formula is C7H12N4. The highest BCUT2D eigenvalue weighted by Gasteiger charge is 1.89. The van der Waals surface area contributed by atoms with Gasteiger partial charge in [-0.05, 0) is 6.42 Å². The van der Waals surface area contributed by atoms with Gasteiger partial charge in [0.2, 0.25) is 5.95 Å². The summed E-state index contributed by atoms with van der Waals surface area (Å²) in [6.45, 7) is 3.08. The second-order valence-corrected chi connectivity index (χ2v) is 2.24. The molecule has 0 saturated carbocycles. The summed E-state index contributed by atoms with van der Waals surface area (Å²) < 4.78 is 0. The van der Waals surface area contributed by atoms with Crippen LogP contribution >= 0.6 is 0 Å². The van der Waals surface area contributed by atoms with Crippen LogP contribution in [0, 0.1) is 0 Å². The number of rotatable bonds is 4. The number of nitrogens with zero attached hydrogens (tertiary/aromatic N) is 3. The van der Waals surface area contributed by atoms with E-state index in [0.29, 0.717) is 5.95 Å². The average Bonchev–Trinajstić information content (AvgIpc) is 2.07. The Labute approximate surface area is 66.1 Å². The van der Waals surface area contributed by atoms with E-state index >= 15 is 0 Å². The molecule has 0 unspecified atom stereocenters. The van der Waals surface area contributed by atoms with Gasteiger partial charge < -0.3 is 5.32 Å². The first-order chi connectivity index (χ1) is 5.43. The molecule has 0 saturated heterocycles. The summed E-state index contributed by atoms with van der Waals surface area (Å²) in [4.78, 5) is 11.5. The summed E-state index contributed by atoms with van der Waals surface area (Å²) in [5.74, 6) is 0.661. The van der Waals surface area contributed by atoms with Crippen LogP contribution in [0.3, 0.4) is 0 Å². The average molecular weight is 152 g/mol. The first-order valence-corrected chi connectivity index (χ1v) is 3.79. The quantitative estimate of drug-likeness (QED) is 0.656. The molecule has 0 aromatic carbocycles. The third-order valence-electron chi connectivity index (χ3n) is 1.31. The molecule has 0 atom stereocenters. The molecule has 0 radical (unpaired) electrons. The molecule has 1 aromatic rings. The molecule has 1 N–H and O–H groups in total. The van der Waals surface area contributed by atoms with Gasteiger partial charge in [0.15, 0.2) is 0 Å². The largest absolute Gasteiger partial charge is 0.354 e. The predicted molar refractivity (Wildman–Crippen MR) is 43.2 cm³/mol. The molecule has 4 nitrogen and oxygen atoms in total. The van der Waals surface area contributed by atoms with Crippen LogP contribution in [0.25, 0.3) is 0 Å². The second-order valence-electron chi connectivity index (χ2n) is 2.24. The number of hydrogen-bond acceptors (Lipinski definition) is 4. The fraction of sp³-hybridized carbons (Fsp3) is 0.571. The van der Waals surface area contributed by atoms with Gasteiger partial charge in [0.05, 0.1) is 0 Å². The Morgan fingerprint density at radius 3 is 2.73 bits per heavy atom. The van der Waals surface area contributed by atoms with E-state index in [1.54, 1.807) is 0 Å². The van der Waals surface area contributed by atoms with E-state index < -0.39 is 0 Å². The lowest BCUT2D eigenvalue weighted by Gasteiger charge is -2.00. The maximum atomic E-state index is 3.92. The Hall–Kier alpha value is -1.19. The van der Waals surface area contributed by atoms with Gasteiger partial charge in [-0.1, -0.05) is 13.3 Å². The first-order valence-electron chi connectivity index (χ1n) is 3.79. The minimum Gasteiger partial charge on any atom is -0.354 e. The van der Waals surface area contributed by atoms with Gasteiger partial charge in [-0.15, -0.1) is 0 Å². The van der Waals surface area contributed by atoms with E-state index in [2.05, 4.69) is 27.2 Å². The zero-order valence-corrected chi connectivity index (χ0v) is 6.62. The Bertz CT molecular complexity index is 187. The number of hydrogen-bond donors (Lipinski definition) is 1. The normalized spacial score (nSPS) is 9.55. The molecule has 0 aliphatic rings. The van der Waals surface area contributed by atoms with Crippen LogP contribution in [0.5, 0.6) is 0 Å². The van der Waals surface area contributed by atoms with Crippen LogP contribution in [0.4, 0.5) is 5.95 Å². The summed E-state index contributed by atoms with van der Waals surface area (Å²) in [6, 6.07) is 0. The van der Waals surface area contributed by atoms with Gasteiger partial charge in [-0.3, -0.25) is 0 Å². The zero-order valence-electron chi connectivity index (χ0n) is 6.62. The molecule has 4 heteroatoms. The topological polar surface area (TPSA) is 50.7 Å². The molecule has 1 aromatic heterocycles. The van der Waals surface area contributed by atoms with Crippen molar-refractivity contribution in [3.63, 3.8) is 0 Å². The lowest BCUT2D eigenvalue weighted by Crippen LogP contribution is -2.04. The number of nitrogens with one attached hydrogen (secondary N) is 1. The molecule has 0 aliphatic carbocycles. The van der Waals surface area contributed by atoms with Crippen LogP contribution in [0.2, 0.25) is 0 Å². The van der Waals surface area contributed by atoms with Crippen molar-refractivity contribution >= 4 is 5.95 Å². The lowest BCUT2D eigenvalue weighted by atomic mass is 10.3. The van der Waals surface area contributed by atoms with Crippen molar-refractivity contribution in [1.82, 2.24) is 15.0 Å². The highest BCUT2D eigenvalue weighted by molar-refractivity contribution is 5.19. The van der Waals surface area contributed by atoms with Gasteiger partial charge in [0, 0.05) is 6.54 Å². The maximum Gasteiger partial charge on any atom is 0.225 e. The molecule has 0 aliphatic heterocycles. The van der Waals surface area contributed by atoms with Crippen molar-refractivity contribution in [3.8, 4) is 0 Å². The molecule has 1 rings (SSSR count). The fourth-order valence-electron chi connectivity index (χ4n) is 0.707. The SMILES string of the molecule is CCCCNc1ncncn1. The van der Waals surface area contributed by atoms with Gasteiger partial charge in [0.25, 0.3) is 0 Å². The minimum absolute atomic E-state index is 0.661. The van der Waals surface area contributed by atoms with Crippen LogP contribution in [0.1, 0.15) is 19.8 Å². The van der Waals surface area contributed by atoms with E-state index in [9.17, 15) is 0 Å². The van der Waals surface area contributed by atoms with Crippen molar-refractivity contribution < 1.29 is 0 Å². The highest BCUT2D eigenvalue weighted by atomic mass is 15.1. The summed E-state index contributed by atoms with van der Waals surface area (Å²) in [6.07, 6.45) is 5.30. The molecular weight excluding hydrogens is 140 g/mol. The molecule has 1 heterocycles. The predicted octanol–water partition coefficient (Wildman–Crippen LogP) is 1.08. The molecule has 0 spiro atoms. The van der Waals surface area contributed by atoms with E-state index in [-0.39, 0.29) is 0 Å². The molecule has 11 heavy (non-hydrogen) atoms. The van der Waals surface area contributed by atoms with Crippen molar-refractivity contribution in [1.29, 1.82) is 0 Å².